The minimum Gasteiger partial charge on any atom is -0.496 e. The largest absolute Gasteiger partial charge is 0.496 e. The van der Waals surface area contributed by atoms with E-state index in [0.717, 1.165) is 48.4 Å². The summed E-state index contributed by atoms with van der Waals surface area (Å²) in [5.74, 6) is 5.22. The highest BCUT2D eigenvalue weighted by atomic mass is 16.5. The molecule has 2 aliphatic heterocycles. The minimum atomic E-state index is 0.451. The Balaban J connectivity index is 1.37. The molecule has 1 aromatic carbocycles. The van der Waals surface area contributed by atoms with Crippen LogP contribution in [0.5, 0.6) is 5.75 Å². The highest BCUT2D eigenvalue weighted by Crippen LogP contribution is 2.41. The summed E-state index contributed by atoms with van der Waals surface area (Å²) < 4.78 is 12.2. The number of piperidine rings is 2. The summed E-state index contributed by atoms with van der Waals surface area (Å²) >= 11 is 0. The first-order valence-corrected chi connectivity index (χ1v) is 16.5. The van der Waals surface area contributed by atoms with Crippen molar-refractivity contribution in [3.8, 4) is 5.75 Å². The quantitative estimate of drug-likeness (QED) is 0.273. The van der Waals surface area contributed by atoms with Crippen molar-refractivity contribution in [1.29, 1.82) is 0 Å². The molecule has 2 fully saturated rings. The van der Waals surface area contributed by atoms with Gasteiger partial charge in [0, 0.05) is 5.57 Å². The summed E-state index contributed by atoms with van der Waals surface area (Å²) in [6, 6.07) is 9.11. The van der Waals surface area contributed by atoms with E-state index >= 15 is 0 Å². The highest BCUT2D eigenvalue weighted by molar-refractivity contribution is 5.84. The second-order valence-corrected chi connectivity index (χ2v) is 13.4. The number of fused-ring (bicyclic) bond motifs is 1. The number of furan rings is 1. The van der Waals surface area contributed by atoms with Crippen molar-refractivity contribution < 1.29 is 9.15 Å². The van der Waals surface area contributed by atoms with Crippen LogP contribution >= 0.6 is 0 Å². The number of likely N-dealkylation sites (tertiary alicyclic amines) is 2. The van der Waals surface area contributed by atoms with E-state index < -0.39 is 0 Å². The molecule has 2 saturated heterocycles. The standard InChI is InChI=1S/C37H54N2O2/c1-27-10-13-32(36-15-11-28(2)41-36)24-31(9-7-6-8-29-16-20-38(3)21-17-29)35-26-37(40-5)33(25-34(27)35)14-12-30-18-22-39(4)23-19-30/h11,13,15,24-27,29-30H,6-10,12,14,16-23H2,1-5H3/b31-24?,32-13-. The lowest BCUT2D eigenvalue weighted by atomic mass is 9.81. The maximum atomic E-state index is 6.12. The van der Waals surface area contributed by atoms with Crippen LogP contribution in [0, 0.1) is 18.8 Å². The van der Waals surface area contributed by atoms with Crippen molar-refractivity contribution in [2.75, 3.05) is 47.4 Å². The molecule has 3 heterocycles. The van der Waals surface area contributed by atoms with Gasteiger partial charge in [0.15, 0.2) is 0 Å². The second-order valence-electron chi connectivity index (χ2n) is 13.4. The lowest BCUT2D eigenvalue weighted by Crippen LogP contribution is -2.30. The lowest BCUT2D eigenvalue weighted by Gasteiger charge is -2.29. The zero-order valence-electron chi connectivity index (χ0n) is 26.5. The van der Waals surface area contributed by atoms with Gasteiger partial charge >= 0.3 is 0 Å². The van der Waals surface area contributed by atoms with Crippen LogP contribution in [0.4, 0.5) is 0 Å². The smallest absolute Gasteiger partial charge is 0.133 e. The topological polar surface area (TPSA) is 28.9 Å². The molecule has 2 aromatic rings. The Labute approximate surface area is 249 Å². The molecule has 1 unspecified atom stereocenters. The molecule has 0 spiro atoms. The average Bonchev–Trinajstić information content (AvgIpc) is 3.41. The first kappa shape index (κ1) is 30.2. The Morgan fingerprint density at radius 2 is 1.56 bits per heavy atom. The number of benzene rings is 1. The number of hydrogen-bond donors (Lipinski definition) is 0. The van der Waals surface area contributed by atoms with E-state index in [9.17, 15) is 0 Å². The van der Waals surface area contributed by atoms with E-state index in [2.05, 4.69) is 67.2 Å². The molecule has 224 valence electrons. The summed E-state index contributed by atoms with van der Waals surface area (Å²) in [5, 5.41) is 0. The lowest BCUT2D eigenvalue weighted by molar-refractivity contribution is 0.210. The van der Waals surface area contributed by atoms with Gasteiger partial charge in [-0.25, -0.2) is 0 Å². The normalized spacial score (nSPS) is 22.9. The van der Waals surface area contributed by atoms with Crippen LogP contribution in [0.15, 0.2) is 40.8 Å². The van der Waals surface area contributed by atoms with Crippen LogP contribution in [0.1, 0.15) is 105 Å². The van der Waals surface area contributed by atoms with Gasteiger partial charge in [-0.1, -0.05) is 31.9 Å². The van der Waals surface area contributed by atoms with Crippen LogP contribution in [-0.4, -0.2) is 57.2 Å². The molecule has 41 heavy (non-hydrogen) atoms. The molecule has 4 heteroatoms. The maximum Gasteiger partial charge on any atom is 0.133 e. The predicted octanol–water partition coefficient (Wildman–Crippen LogP) is 8.75. The molecule has 0 saturated carbocycles. The van der Waals surface area contributed by atoms with Gasteiger partial charge in [0.2, 0.25) is 0 Å². The Morgan fingerprint density at radius 1 is 0.878 bits per heavy atom. The summed E-state index contributed by atoms with van der Waals surface area (Å²) in [7, 11) is 6.37. The number of unbranched alkanes of at least 4 members (excludes halogenated alkanes) is 1. The van der Waals surface area contributed by atoms with E-state index in [-0.39, 0.29) is 0 Å². The van der Waals surface area contributed by atoms with Crippen molar-refractivity contribution in [3.63, 3.8) is 0 Å². The number of methoxy groups -OCH3 is 1. The fraction of sp³-hybridized carbons (Fsp3) is 0.622. The summed E-state index contributed by atoms with van der Waals surface area (Å²) in [5.41, 5.74) is 6.95. The fourth-order valence-electron chi connectivity index (χ4n) is 7.25. The van der Waals surface area contributed by atoms with Crippen LogP contribution in [-0.2, 0) is 6.42 Å². The maximum absolute atomic E-state index is 6.12. The fourth-order valence-corrected chi connectivity index (χ4v) is 7.25. The zero-order chi connectivity index (χ0) is 28.8. The number of hydrogen-bond acceptors (Lipinski definition) is 4. The highest BCUT2D eigenvalue weighted by Gasteiger charge is 2.23. The molecule has 5 rings (SSSR count). The third kappa shape index (κ3) is 7.96. The predicted molar refractivity (Wildman–Crippen MR) is 173 cm³/mol. The van der Waals surface area contributed by atoms with Crippen molar-refractivity contribution in [2.45, 2.75) is 90.4 Å². The van der Waals surface area contributed by atoms with Crippen molar-refractivity contribution in [3.05, 3.63) is 64.6 Å². The van der Waals surface area contributed by atoms with Gasteiger partial charge in [-0.15, -0.1) is 0 Å². The van der Waals surface area contributed by atoms with Gasteiger partial charge in [0.25, 0.3) is 0 Å². The van der Waals surface area contributed by atoms with Crippen LogP contribution in [0.3, 0.4) is 0 Å². The van der Waals surface area contributed by atoms with Gasteiger partial charge < -0.3 is 19.0 Å². The number of rotatable bonds is 10. The Kier molecular flexibility index (Phi) is 10.5. The Bertz CT molecular complexity index is 1190. The number of ether oxygens (including phenoxy) is 1. The molecular formula is C37H54N2O2. The van der Waals surface area contributed by atoms with E-state index in [0.29, 0.717) is 5.92 Å². The van der Waals surface area contributed by atoms with Gasteiger partial charge in [-0.05, 0) is 169 Å². The minimum absolute atomic E-state index is 0.451. The van der Waals surface area contributed by atoms with Gasteiger partial charge in [-0.2, -0.15) is 0 Å². The zero-order valence-corrected chi connectivity index (χ0v) is 26.5. The molecular weight excluding hydrogens is 504 g/mol. The van der Waals surface area contributed by atoms with Crippen molar-refractivity contribution in [2.24, 2.45) is 11.8 Å². The number of nitrogens with zero attached hydrogens (tertiary/aromatic N) is 2. The first-order chi connectivity index (χ1) is 19.9. The molecule has 1 atom stereocenters. The molecule has 0 radical (unpaired) electrons. The van der Waals surface area contributed by atoms with Crippen LogP contribution in [0.25, 0.3) is 11.1 Å². The molecule has 4 nitrogen and oxygen atoms in total. The number of allylic oxidation sites excluding steroid dienone is 4. The molecule has 1 aliphatic carbocycles. The SMILES string of the molecule is COc1cc2c(cc1CCC1CCN(C)CC1)C(C)C/C=C(\c1ccc(C)o1)C=C2CCCCC1CCN(C)CC1. The average molecular weight is 559 g/mol. The molecule has 1 aromatic heterocycles. The molecule has 0 bridgehead atoms. The summed E-state index contributed by atoms with van der Waals surface area (Å²) in [4.78, 5) is 4.95. The van der Waals surface area contributed by atoms with E-state index in [1.54, 1.807) is 0 Å². The second kappa shape index (κ2) is 14.2. The summed E-state index contributed by atoms with van der Waals surface area (Å²) in [6.45, 7) is 9.43. The van der Waals surface area contributed by atoms with E-state index in [1.807, 2.05) is 14.0 Å². The van der Waals surface area contributed by atoms with Crippen molar-refractivity contribution >= 4 is 11.1 Å². The molecule has 0 N–H and O–H groups in total. The molecule has 3 aliphatic rings. The van der Waals surface area contributed by atoms with E-state index in [4.69, 9.17) is 9.15 Å². The number of aryl methyl sites for hydroxylation is 2. The van der Waals surface area contributed by atoms with Crippen LogP contribution in [0.2, 0.25) is 0 Å². The van der Waals surface area contributed by atoms with E-state index in [1.165, 1.54) is 105 Å². The molecule has 0 amide bonds. The third-order valence-electron chi connectivity index (χ3n) is 10.2. The Morgan fingerprint density at radius 3 is 2.20 bits per heavy atom. The first-order valence-electron chi connectivity index (χ1n) is 16.5. The summed E-state index contributed by atoms with van der Waals surface area (Å²) in [6.07, 6.45) is 18.6. The van der Waals surface area contributed by atoms with Gasteiger partial charge in [0.05, 0.1) is 7.11 Å². The van der Waals surface area contributed by atoms with Gasteiger partial charge in [0.1, 0.15) is 17.3 Å². The van der Waals surface area contributed by atoms with Gasteiger partial charge in [-0.3, -0.25) is 0 Å². The monoisotopic (exact) mass is 558 g/mol. The third-order valence-corrected chi connectivity index (χ3v) is 10.2. The Hall–Kier alpha value is -2.30. The van der Waals surface area contributed by atoms with Crippen LogP contribution < -0.4 is 4.74 Å². The van der Waals surface area contributed by atoms with Crippen molar-refractivity contribution in [1.82, 2.24) is 9.80 Å².